The average molecular weight is 502 g/mol. The van der Waals surface area contributed by atoms with Crippen molar-refractivity contribution in [2.24, 2.45) is 9.98 Å². The smallest absolute Gasteiger partial charge is 0.271 e. The Morgan fingerprint density at radius 3 is 2.61 bits per heavy atom. The lowest BCUT2D eigenvalue weighted by Crippen LogP contribution is -2.46. The zero-order valence-electron chi connectivity index (χ0n) is 19.4. The summed E-state index contributed by atoms with van der Waals surface area (Å²) in [4.78, 5) is 48.8. The molecule has 3 N–H and O–H groups in total. The van der Waals surface area contributed by atoms with Gasteiger partial charge < -0.3 is 10.6 Å². The average Bonchev–Trinajstić information content (AvgIpc) is 3.44. The molecule has 1 unspecified atom stereocenters. The summed E-state index contributed by atoms with van der Waals surface area (Å²) in [5.41, 5.74) is 3.15. The fourth-order valence-electron chi connectivity index (χ4n) is 3.94. The second-order valence-electron chi connectivity index (χ2n) is 8.31. The predicted octanol–water partition coefficient (Wildman–Crippen LogP) is 2.76. The highest BCUT2D eigenvalue weighted by Gasteiger charge is 2.42. The minimum absolute atomic E-state index is 0.0395. The highest BCUT2D eigenvalue weighted by atomic mass is 32.2. The van der Waals surface area contributed by atoms with Gasteiger partial charge in [-0.2, -0.15) is 10.1 Å². The van der Waals surface area contributed by atoms with E-state index < -0.39 is 11.9 Å². The molecule has 0 saturated carbocycles. The van der Waals surface area contributed by atoms with Crippen molar-refractivity contribution < 1.29 is 14.4 Å². The van der Waals surface area contributed by atoms with E-state index in [-0.39, 0.29) is 24.0 Å². The SMILES string of the molecule is Cc1cc(NC(=O)CSC2=Nc3ccccc3C3=NC(=O)C(CC(=O)NCc4ccccc4)N23)n[nH]1. The molecule has 0 saturated heterocycles. The zero-order chi connectivity index (χ0) is 25.1. The van der Waals surface area contributed by atoms with Gasteiger partial charge in [0.15, 0.2) is 11.0 Å². The second kappa shape index (κ2) is 10.2. The fraction of sp³-hybridized carbons (Fsp3) is 0.200. The number of hydrogen-bond donors (Lipinski definition) is 3. The molecule has 2 aliphatic heterocycles. The number of fused-ring (bicyclic) bond motifs is 3. The van der Waals surface area contributed by atoms with E-state index in [2.05, 4.69) is 25.8 Å². The van der Waals surface area contributed by atoms with Crippen LogP contribution in [-0.4, -0.2) is 55.6 Å². The maximum absolute atomic E-state index is 12.9. The summed E-state index contributed by atoms with van der Waals surface area (Å²) in [6.45, 7) is 2.20. The lowest BCUT2D eigenvalue weighted by molar-refractivity contribution is -0.126. The number of benzene rings is 2. The Morgan fingerprint density at radius 2 is 1.83 bits per heavy atom. The van der Waals surface area contributed by atoms with Crippen LogP contribution in [0.1, 0.15) is 23.2 Å². The number of H-pyrrole nitrogens is 1. The number of aromatic amines is 1. The molecule has 1 atom stereocenters. The normalized spacial score (nSPS) is 16.1. The van der Waals surface area contributed by atoms with Crippen LogP contribution in [0.5, 0.6) is 0 Å². The number of amides is 3. The van der Waals surface area contributed by atoms with Crippen LogP contribution in [-0.2, 0) is 20.9 Å². The van der Waals surface area contributed by atoms with E-state index >= 15 is 0 Å². The van der Waals surface area contributed by atoms with Gasteiger partial charge in [0.1, 0.15) is 11.9 Å². The molecule has 0 spiro atoms. The van der Waals surface area contributed by atoms with Crippen molar-refractivity contribution in [3.05, 3.63) is 77.5 Å². The molecule has 0 bridgehead atoms. The monoisotopic (exact) mass is 501 g/mol. The molecule has 5 rings (SSSR count). The third kappa shape index (κ3) is 5.05. The first-order valence-corrected chi connectivity index (χ1v) is 12.3. The number of anilines is 1. The van der Waals surface area contributed by atoms with Crippen molar-refractivity contribution in [3.8, 4) is 0 Å². The van der Waals surface area contributed by atoms with Gasteiger partial charge in [0, 0.05) is 23.9 Å². The van der Waals surface area contributed by atoms with Gasteiger partial charge in [0.25, 0.3) is 5.91 Å². The van der Waals surface area contributed by atoms with E-state index in [0.717, 1.165) is 11.3 Å². The molecule has 36 heavy (non-hydrogen) atoms. The maximum Gasteiger partial charge on any atom is 0.271 e. The number of nitrogens with one attached hydrogen (secondary N) is 3. The highest BCUT2D eigenvalue weighted by molar-refractivity contribution is 8.14. The summed E-state index contributed by atoms with van der Waals surface area (Å²) >= 11 is 1.18. The molecule has 3 aromatic rings. The quantitative estimate of drug-likeness (QED) is 0.456. The van der Waals surface area contributed by atoms with Gasteiger partial charge in [-0.15, -0.1) is 0 Å². The van der Waals surface area contributed by atoms with Gasteiger partial charge in [-0.1, -0.05) is 54.2 Å². The number of thioether (sulfide) groups is 1. The Morgan fingerprint density at radius 1 is 1.06 bits per heavy atom. The standard InChI is InChI=1S/C25H23N7O3S/c1-15-11-20(31-30-15)28-22(34)14-36-25-27-18-10-6-5-9-17(18)23-29-24(35)19(32(23)25)12-21(33)26-13-16-7-3-2-4-8-16/h2-11,19H,12-14H2,1H3,(H,26,33)(H2,28,30,31,34). The Balaban J connectivity index is 1.31. The molecule has 10 nitrogen and oxygen atoms in total. The van der Waals surface area contributed by atoms with Gasteiger partial charge in [-0.3, -0.25) is 24.4 Å². The van der Waals surface area contributed by atoms with Crippen LogP contribution < -0.4 is 10.6 Å². The van der Waals surface area contributed by atoms with E-state index in [0.29, 0.717) is 34.6 Å². The van der Waals surface area contributed by atoms with E-state index in [9.17, 15) is 14.4 Å². The zero-order valence-corrected chi connectivity index (χ0v) is 20.2. The Bertz CT molecular complexity index is 1380. The van der Waals surface area contributed by atoms with Gasteiger partial charge >= 0.3 is 0 Å². The molecule has 3 heterocycles. The van der Waals surface area contributed by atoms with Crippen LogP contribution in [0.2, 0.25) is 0 Å². The molecule has 3 amide bonds. The molecule has 0 radical (unpaired) electrons. The molecular formula is C25H23N7O3S. The number of hydrogen-bond acceptors (Lipinski definition) is 7. The van der Waals surface area contributed by atoms with E-state index in [1.54, 1.807) is 11.0 Å². The van der Waals surface area contributed by atoms with Crippen molar-refractivity contribution in [2.75, 3.05) is 11.1 Å². The summed E-state index contributed by atoms with van der Waals surface area (Å²) in [7, 11) is 0. The van der Waals surface area contributed by atoms with Crippen LogP contribution in [0.15, 0.2) is 70.6 Å². The van der Waals surface area contributed by atoms with Crippen LogP contribution in [0.3, 0.4) is 0 Å². The van der Waals surface area contributed by atoms with Crippen LogP contribution in [0.25, 0.3) is 0 Å². The van der Waals surface area contributed by atoms with Crippen molar-refractivity contribution in [3.63, 3.8) is 0 Å². The number of aliphatic imine (C=N–C) groups is 2. The number of aromatic nitrogens is 2. The van der Waals surface area contributed by atoms with Crippen LogP contribution in [0, 0.1) is 6.92 Å². The lowest BCUT2D eigenvalue weighted by atomic mass is 10.1. The Kier molecular flexibility index (Phi) is 6.63. The topological polar surface area (TPSA) is 132 Å². The summed E-state index contributed by atoms with van der Waals surface area (Å²) in [5.74, 6) is -0.0467. The van der Waals surface area contributed by atoms with Gasteiger partial charge in [0.05, 0.1) is 17.9 Å². The van der Waals surface area contributed by atoms with Crippen molar-refractivity contribution in [1.82, 2.24) is 20.4 Å². The lowest BCUT2D eigenvalue weighted by Gasteiger charge is -2.30. The van der Waals surface area contributed by atoms with Gasteiger partial charge in [-0.05, 0) is 24.6 Å². The van der Waals surface area contributed by atoms with Crippen molar-refractivity contribution in [2.45, 2.75) is 25.9 Å². The summed E-state index contributed by atoms with van der Waals surface area (Å²) < 4.78 is 0. The van der Waals surface area contributed by atoms with E-state index in [1.807, 2.05) is 61.5 Å². The van der Waals surface area contributed by atoms with E-state index in [1.165, 1.54) is 11.8 Å². The third-order valence-corrected chi connectivity index (χ3v) is 6.58. The minimum Gasteiger partial charge on any atom is -0.352 e. The highest BCUT2D eigenvalue weighted by Crippen LogP contribution is 2.34. The molecule has 0 aliphatic carbocycles. The number of rotatable bonds is 7. The molecular weight excluding hydrogens is 478 g/mol. The molecule has 1 aromatic heterocycles. The molecule has 182 valence electrons. The van der Waals surface area contributed by atoms with Gasteiger partial charge in [-0.25, -0.2) is 4.99 Å². The van der Waals surface area contributed by atoms with Crippen LogP contribution >= 0.6 is 11.8 Å². The first kappa shape index (κ1) is 23.5. The minimum atomic E-state index is -0.840. The first-order chi connectivity index (χ1) is 17.5. The van der Waals surface area contributed by atoms with Gasteiger partial charge in [0.2, 0.25) is 11.8 Å². The summed E-state index contributed by atoms with van der Waals surface area (Å²) in [6, 6.07) is 17.8. The third-order valence-electron chi connectivity index (χ3n) is 5.63. The largest absolute Gasteiger partial charge is 0.352 e. The molecule has 2 aliphatic rings. The Labute approximate surface area is 211 Å². The second-order valence-corrected chi connectivity index (χ2v) is 9.25. The van der Waals surface area contributed by atoms with Crippen molar-refractivity contribution >= 4 is 52.0 Å². The summed E-state index contributed by atoms with van der Waals surface area (Å²) in [5, 5.41) is 12.8. The number of carbonyl (C=O) groups is 3. The number of carbonyl (C=O) groups excluding carboxylic acids is 3. The summed E-state index contributed by atoms with van der Waals surface area (Å²) in [6.07, 6.45) is -0.0842. The first-order valence-electron chi connectivity index (χ1n) is 11.3. The molecule has 0 fully saturated rings. The number of amidine groups is 2. The van der Waals surface area contributed by atoms with E-state index in [4.69, 9.17) is 4.99 Å². The fourth-order valence-corrected chi connectivity index (χ4v) is 4.79. The maximum atomic E-state index is 12.9. The Hall–Kier alpha value is -4.25. The number of aryl methyl sites for hydroxylation is 1. The van der Waals surface area contributed by atoms with Crippen LogP contribution in [0.4, 0.5) is 11.5 Å². The molecule has 11 heteroatoms. The number of nitrogens with zero attached hydrogens (tertiary/aromatic N) is 4. The predicted molar refractivity (Wildman–Crippen MR) is 138 cm³/mol. The number of para-hydroxylation sites is 1. The molecule has 2 aromatic carbocycles. The van der Waals surface area contributed by atoms with Crippen molar-refractivity contribution in [1.29, 1.82) is 0 Å².